The van der Waals surface area contributed by atoms with E-state index in [1.54, 1.807) is 6.92 Å². The molecule has 2 aliphatic rings. The fourth-order valence-electron chi connectivity index (χ4n) is 5.68. The molecule has 0 saturated carbocycles. The zero-order chi connectivity index (χ0) is 26.8. The Kier molecular flexibility index (Phi) is 8.79. The Bertz CT molecular complexity index is 1070. The number of cyclic esters (lactones) is 1. The number of hydrogen-bond acceptors (Lipinski definition) is 5. The number of ketones is 1. The highest BCUT2D eigenvalue weighted by Crippen LogP contribution is 2.42. The number of Topliss-reactive ketones (excluding diaryl/α,β-unsaturated/α-hetero) is 1. The summed E-state index contributed by atoms with van der Waals surface area (Å²) in [7, 11) is 0. The van der Waals surface area contributed by atoms with E-state index in [9.17, 15) is 9.59 Å². The van der Waals surface area contributed by atoms with Gasteiger partial charge in [-0.2, -0.15) is 0 Å². The van der Waals surface area contributed by atoms with Crippen molar-refractivity contribution in [3.8, 4) is 0 Å². The van der Waals surface area contributed by atoms with Crippen molar-refractivity contribution in [3.05, 3.63) is 69.8 Å². The molecule has 5 atom stereocenters. The molecule has 1 spiro atoms. The van der Waals surface area contributed by atoms with Crippen LogP contribution in [0.25, 0.3) is 0 Å². The van der Waals surface area contributed by atoms with Crippen LogP contribution in [0.4, 0.5) is 0 Å². The lowest BCUT2D eigenvalue weighted by Gasteiger charge is -2.30. The Morgan fingerprint density at radius 2 is 1.69 bits per heavy atom. The Morgan fingerprint density at radius 1 is 1.06 bits per heavy atom. The van der Waals surface area contributed by atoms with Crippen LogP contribution in [-0.4, -0.2) is 30.1 Å². The first kappa shape index (κ1) is 28.1. The summed E-state index contributed by atoms with van der Waals surface area (Å²) in [4.78, 5) is 27.1. The van der Waals surface area contributed by atoms with Crippen LogP contribution in [0.15, 0.2) is 47.6 Å². The predicted octanol–water partition coefficient (Wildman–Crippen LogP) is 6.80. The summed E-state index contributed by atoms with van der Waals surface area (Å²) in [6, 6.07) is 4.19. The van der Waals surface area contributed by atoms with Crippen LogP contribution >= 0.6 is 0 Å². The maximum absolute atomic E-state index is 13.9. The molecule has 5 heteroatoms. The largest absolute Gasteiger partial charge is 0.457 e. The molecule has 0 aromatic heterocycles. The fourth-order valence-corrected chi connectivity index (χ4v) is 5.68. The van der Waals surface area contributed by atoms with Crippen LogP contribution in [-0.2, 0) is 23.8 Å². The average molecular weight is 495 g/mol. The third-order valence-corrected chi connectivity index (χ3v) is 7.26. The maximum Gasteiger partial charge on any atom is 0.316 e. The van der Waals surface area contributed by atoms with Crippen LogP contribution in [0.1, 0.15) is 82.4 Å². The average Bonchev–Trinajstić information content (AvgIpc) is 3.18. The molecule has 36 heavy (non-hydrogen) atoms. The van der Waals surface area contributed by atoms with E-state index in [1.807, 2.05) is 40.7 Å². The maximum atomic E-state index is 13.9. The van der Waals surface area contributed by atoms with Crippen molar-refractivity contribution in [2.75, 3.05) is 6.61 Å². The number of allylic oxidation sites excluding steroid dienone is 3. The van der Waals surface area contributed by atoms with Gasteiger partial charge >= 0.3 is 5.97 Å². The lowest BCUT2D eigenvalue weighted by molar-refractivity contribution is -0.163. The molecule has 0 bridgehead atoms. The summed E-state index contributed by atoms with van der Waals surface area (Å²) in [6.45, 7) is 20.1. The van der Waals surface area contributed by atoms with Crippen molar-refractivity contribution in [2.24, 2.45) is 11.8 Å². The quantitative estimate of drug-likeness (QED) is 0.257. The van der Waals surface area contributed by atoms with Gasteiger partial charge in [0.1, 0.15) is 12.0 Å². The Morgan fingerprint density at radius 3 is 2.31 bits per heavy atom. The second kappa shape index (κ2) is 11.3. The molecular formula is C31H42O5. The van der Waals surface area contributed by atoms with E-state index in [4.69, 9.17) is 14.2 Å². The molecular weight excluding hydrogens is 452 g/mol. The summed E-state index contributed by atoms with van der Waals surface area (Å²) < 4.78 is 18.5. The smallest absolute Gasteiger partial charge is 0.316 e. The van der Waals surface area contributed by atoms with E-state index >= 15 is 0 Å². The molecule has 0 N–H and O–H groups in total. The summed E-state index contributed by atoms with van der Waals surface area (Å²) in [6.07, 6.45) is 4.86. The second-order valence-electron chi connectivity index (χ2n) is 10.9. The fraction of sp³-hybridized carbons (Fsp3) is 0.548. The van der Waals surface area contributed by atoms with E-state index in [0.29, 0.717) is 12.8 Å². The van der Waals surface area contributed by atoms with E-state index in [2.05, 4.69) is 38.6 Å². The first-order valence-electron chi connectivity index (χ1n) is 13.0. The number of hydrogen-bond donors (Lipinski definition) is 0. The summed E-state index contributed by atoms with van der Waals surface area (Å²) in [5.74, 6) is -1.58. The van der Waals surface area contributed by atoms with Crippen molar-refractivity contribution in [1.82, 2.24) is 0 Å². The molecule has 0 unspecified atom stereocenters. The molecule has 196 valence electrons. The minimum Gasteiger partial charge on any atom is -0.457 e. The third-order valence-electron chi connectivity index (χ3n) is 7.26. The number of benzene rings is 1. The first-order valence-corrected chi connectivity index (χ1v) is 13.0. The normalized spacial score (nSPS) is 33.5. The van der Waals surface area contributed by atoms with Crippen LogP contribution < -0.4 is 0 Å². The van der Waals surface area contributed by atoms with E-state index in [-0.39, 0.29) is 18.3 Å². The van der Waals surface area contributed by atoms with Gasteiger partial charge in [0.15, 0.2) is 17.7 Å². The predicted molar refractivity (Wildman–Crippen MR) is 143 cm³/mol. The van der Waals surface area contributed by atoms with Gasteiger partial charge in [-0.15, -0.1) is 0 Å². The van der Waals surface area contributed by atoms with Crippen molar-refractivity contribution in [2.45, 2.75) is 92.6 Å². The van der Waals surface area contributed by atoms with E-state index in [1.165, 1.54) is 0 Å². The van der Waals surface area contributed by atoms with Gasteiger partial charge in [-0.25, -0.2) is 0 Å². The molecule has 0 amide bonds. The van der Waals surface area contributed by atoms with Gasteiger partial charge < -0.3 is 14.2 Å². The number of rotatable bonds is 2. The zero-order valence-corrected chi connectivity index (χ0v) is 23.2. The standard InChI is InChI=1S/C31H42O5/c1-10-26-22(6)13-19(3)11-18(2)12-21(5)16-31(28(32)25(9)29(33)35-26)17-34-30(36-31)27-23(7)14-20(4)15-24(27)8/h12-15,18,25-26,30H,3,10-11,16-17H2,1-2,4-9H3/b21-12+,22-13+/t18-,25+,26-,30-,31+/m0/s1. The minimum atomic E-state index is -1.26. The minimum absolute atomic E-state index is 0.0866. The van der Waals surface area contributed by atoms with Crippen molar-refractivity contribution >= 4 is 11.8 Å². The Balaban J connectivity index is 2.02. The van der Waals surface area contributed by atoms with Gasteiger partial charge in [0.25, 0.3) is 0 Å². The van der Waals surface area contributed by atoms with Gasteiger partial charge in [-0.1, -0.05) is 61.4 Å². The van der Waals surface area contributed by atoms with Crippen LogP contribution in [0, 0.1) is 32.6 Å². The molecule has 2 aliphatic heterocycles. The van der Waals surface area contributed by atoms with E-state index in [0.717, 1.165) is 45.4 Å². The SMILES string of the molecule is C=C1/C=C(\C)[C@H](CC)OC(=O)[C@H](C)C(=O)[C@]2(CO[C@H](c3c(C)cc(C)cc3C)O2)C/C(C)=C/[C@@H](C)C1. The number of carbonyl (C=O) groups excluding carboxylic acids is 2. The summed E-state index contributed by atoms with van der Waals surface area (Å²) in [5.41, 5.74) is 5.90. The highest BCUT2D eigenvalue weighted by Gasteiger charge is 2.51. The monoisotopic (exact) mass is 494 g/mol. The molecule has 0 aliphatic carbocycles. The summed E-state index contributed by atoms with van der Waals surface area (Å²) >= 11 is 0. The molecule has 1 saturated heterocycles. The number of carbonyl (C=O) groups is 2. The number of ether oxygens (including phenoxy) is 3. The second-order valence-corrected chi connectivity index (χ2v) is 10.9. The molecule has 5 nitrogen and oxygen atoms in total. The van der Waals surface area contributed by atoms with E-state index < -0.39 is 29.9 Å². The summed E-state index contributed by atoms with van der Waals surface area (Å²) in [5, 5.41) is 0. The lowest BCUT2D eigenvalue weighted by atomic mass is 9.84. The van der Waals surface area contributed by atoms with Crippen LogP contribution in [0.3, 0.4) is 0 Å². The van der Waals surface area contributed by atoms with Crippen molar-refractivity contribution in [1.29, 1.82) is 0 Å². The van der Waals surface area contributed by atoms with Crippen molar-refractivity contribution < 1.29 is 23.8 Å². The Labute approximate surface area is 216 Å². The molecule has 1 fully saturated rings. The molecule has 2 heterocycles. The van der Waals surface area contributed by atoms with Crippen LogP contribution in [0.2, 0.25) is 0 Å². The zero-order valence-electron chi connectivity index (χ0n) is 23.2. The molecule has 1 aromatic carbocycles. The third kappa shape index (κ3) is 6.07. The topological polar surface area (TPSA) is 61.8 Å². The number of aryl methyl sites for hydroxylation is 3. The molecule has 0 radical (unpaired) electrons. The molecule has 1 aromatic rings. The van der Waals surface area contributed by atoms with Crippen molar-refractivity contribution in [3.63, 3.8) is 0 Å². The number of esters is 1. The highest BCUT2D eigenvalue weighted by atomic mass is 16.7. The van der Waals surface area contributed by atoms with Gasteiger partial charge in [0.05, 0.1) is 6.61 Å². The van der Waals surface area contributed by atoms with Gasteiger partial charge in [-0.3, -0.25) is 9.59 Å². The first-order chi connectivity index (χ1) is 16.9. The van der Waals surface area contributed by atoms with Gasteiger partial charge in [0, 0.05) is 12.0 Å². The van der Waals surface area contributed by atoms with Gasteiger partial charge in [0.2, 0.25) is 0 Å². The van der Waals surface area contributed by atoms with Gasteiger partial charge in [-0.05, 0) is 77.0 Å². The van der Waals surface area contributed by atoms with Crippen LogP contribution in [0.5, 0.6) is 0 Å². The highest BCUT2D eigenvalue weighted by molar-refractivity contribution is 6.03. The molecule has 3 rings (SSSR count). The lowest BCUT2D eigenvalue weighted by Crippen LogP contribution is -2.47. The Hall–Kier alpha value is -2.50.